The Bertz CT molecular complexity index is 459. The van der Waals surface area contributed by atoms with Gasteiger partial charge in [0, 0.05) is 16.4 Å². The minimum absolute atomic E-state index is 0.536. The number of anilines is 1. The van der Waals surface area contributed by atoms with E-state index in [1.807, 2.05) is 11.4 Å². The lowest BCUT2D eigenvalue weighted by molar-refractivity contribution is 1.19. The first-order valence-corrected chi connectivity index (χ1v) is 6.59. The van der Waals surface area contributed by atoms with E-state index in [9.17, 15) is 0 Å². The minimum atomic E-state index is 0.536. The second-order valence-corrected chi connectivity index (χ2v) is 5.46. The lowest BCUT2D eigenvalue weighted by atomic mass is 10.3. The van der Waals surface area contributed by atoms with Crippen molar-refractivity contribution in [2.45, 2.75) is 6.54 Å². The van der Waals surface area contributed by atoms with Gasteiger partial charge in [0.2, 0.25) is 0 Å². The molecule has 1 heterocycles. The van der Waals surface area contributed by atoms with Crippen LogP contribution in [0.3, 0.4) is 0 Å². The first kappa shape index (κ1) is 12.1. The van der Waals surface area contributed by atoms with Crippen LogP contribution in [0.25, 0.3) is 0 Å². The van der Waals surface area contributed by atoms with Gasteiger partial charge in [0.05, 0.1) is 15.7 Å². The zero-order valence-corrected chi connectivity index (χ0v) is 11.2. The lowest BCUT2D eigenvalue weighted by Crippen LogP contribution is -1.98. The Hall–Kier alpha value is -0.410. The first-order valence-electron chi connectivity index (χ1n) is 4.57. The number of halogens is 3. The van der Waals surface area contributed by atoms with Crippen LogP contribution in [0.5, 0.6) is 0 Å². The van der Waals surface area contributed by atoms with Gasteiger partial charge in [-0.1, -0.05) is 40.9 Å². The van der Waals surface area contributed by atoms with Crippen molar-refractivity contribution < 1.29 is 0 Å². The molecule has 2 rings (SSSR count). The summed E-state index contributed by atoms with van der Waals surface area (Å²) in [6, 6.07) is 7.40. The third-order valence-electron chi connectivity index (χ3n) is 2.03. The molecular formula is C11H8Cl3NS. The van der Waals surface area contributed by atoms with Gasteiger partial charge in [0.1, 0.15) is 0 Å². The van der Waals surface area contributed by atoms with Gasteiger partial charge >= 0.3 is 0 Å². The molecule has 0 unspecified atom stereocenters. The Morgan fingerprint density at radius 2 is 1.81 bits per heavy atom. The molecule has 0 aliphatic carbocycles. The number of rotatable bonds is 3. The van der Waals surface area contributed by atoms with Crippen molar-refractivity contribution in [2.24, 2.45) is 0 Å². The molecule has 0 amide bonds. The van der Waals surface area contributed by atoms with E-state index in [2.05, 4.69) is 11.4 Å². The van der Waals surface area contributed by atoms with Crippen molar-refractivity contribution >= 4 is 51.8 Å². The van der Waals surface area contributed by atoms with Gasteiger partial charge in [-0.05, 0) is 23.6 Å². The maximum absolute atomic E-state index is 6.05. The summed E-state index contributed by atoms with van der Waals surface area (Å²) >= 11 is 19.6. The molecule has 0 spiro atoms. The molecule has 84 valence electrons. The fourth-order valence-electron chi connectivity index (χ4n) is 1.30. The summed E-state index contributed by atoms with van der Waals surface area (Å²) in [5, 5.41) is 6.84. The third-order valence-corrected chi connectivity index (χ3v) is 3.72. The van der Waals surface area contributed by atoms with Crippen molar-refractivity contribution in [3.8, 4) is 0 Å². The summed E-state index contributed by atoms with van der Waals surface area (Å²) in [5.74, 6) is 0. The predicted octanol–water partition coefficient (Wildman–Crippen LogP) is 5.32. The van der Waals surface area contributed by atoms with E-state index >= 15 is 0 Å². The molecule has 1 N–H and O–H groups in total. The Kier molecular flexibility index (Phi) is 3.98. The molecule has 0 saturated heterocycles. The van der Waals surface area contributed by atoms with Gasteiger partial charge in [0.25, 0.3) is 0 Å². The number of thiophene rings is 1. The van der Waals surface area contributed by atoms with E-state index in [1.54, 1.807) is 23.5 Å². The summed E-state index contributed by atoms with van der Waals surface area (Å²) in [4.78, 5) is 1.22. The molecule has 0 atom stereocenters. The topological polar surface area (TPSA) is 12.0 Å². The highest BCUT2D eigenvalue weighted by atomic mass is 35.5. The summed E-state index contributed by atoms with van der Waals surface area (Å²) in [6.07, 6.45) is 0. The molecule has 0 radical (unpaired) electrons. The van der Waals surface area contributed by atoms with Gasteiger partial charge < -0.3 is 5.32 Å². The van der Waals surface area contributed by atoms with Crippen molar-refractivity contribution in [1.29, 1.82) is 0 Å². The van der Waals surface area contributed by atoms with Crippen LogP contribution in [-0.4, -0.2) is 0 Å². The van der Waals surface area contributed by atoms with Gasteiger partial charge in [-0.25, -0.2) is 0 Å². The largest absolute Gasteiger partial charge is 0.378 e. The molecule has 1 aromatic heterocycles. The maximum atomic E-state index is 6.05. The zero-order chi connectivity index (χ0) is 11.5. The average Bonchev–Trinajstić information content (AvgIpc) is 2.68. The summed E-state index contributed by atoms with van der Waals surface area (Å²) in [5.41, 5.74) is 0.723. The molecule has 0 aliphatic heterocycles. The molecule has 1 nitrogen and oxygen atoms in total. The van der Waals surface area contributed by atoms with E-state index < -0.39 is 0 Å². The van der Waals surface area contributed by atoms with Crippen LogP contribution in [0.4, 0.5) is 5.69 Å². The van der Waals surface area contributed by atoms with Crippen LogP contribution in [-0.2, 0) is 6.54 Å². The van der Waals surface area contributed by atoms with Crippen molar-refractivity contribution in [1.82, 2.24) is 0 Å². The van der Waals surface area contributed by atoms with Crippen LogP contribution in [0.2, 0.25) is 15.1 Å². The summed E-state index contributed by atoms with van der Waals surface area (Å²) in [6.45, 7) is 0.707. The average molecular weight is 293 g/mol. The first-order chi connectivity index (χ1) is 7.66. The van der Waals surface area contributed by atoms with E-state index in [0.717, 1.165) is 5.69 Å². The number of hydrogen-bond donors (Lipinski definition) is 1. The zero-order valence-electron chi connectivity index (χ0n) is 8.14. The van der Waals surface area contributed by atoms with E-state index in [4.69, 9.17) is 34.8 Å². The van der Waals surface area contributed by atoms with Gasteiger partial charge in [-0.3, -0.25) is 0 Å². The van der Waals surface area contributed by atoms with Crippen LogP contribution < -0.4 is 5.32 Å². The fraction of sp³-hybridized carbons (Fsp3) is 0.0909. The third kappa shape index (κ3) is 2.83. The molecule has 0 aliphatic rings. The number of nitrogens with one attached hydrogen (secondary N) is 1. The molecule has 5 heteroatoms. The van der Waals surface area contributed by atoms with Crippen LogP contribution >= 0.6 is 46.1 Å². The predicted molar refractivity (Wildman–Crippen MR) is 73.1 cm³/mol. The van der Waals surface area contributed by atoms with Crippen molar-refractivity contribution in [2.75, 3.05) is 5.32 Å². The Balaban J connectivity index is 2.15. The molecule has 0 saturated carbocycles. The lowest BCUT2D eigenvalue weighted by Gasteiger charge is -2.09. The fourth-order valence-corrected chi connectivity index (χ4v) is 2.89. The Morgan fingerprint density at radius 1 is 1.12 bits per heavy atom. The van der Waals surface area contributed by atoms with Crippen LogP contribution in [0.15, 0.2) is 29.6 Å². The van der Waals surface area contributed by atoms with E-state index in [-0.39, 0.29) is 0 Å². The standard InChI is InChI=1S/C11H8Cl3NS/c12-7-4-9(13)11(10(14)5-7)15-6-8-2-1-3-16-8/h1-5,15H,6H2. The highest BCUT2D eigenvalue weighted by Crippen LogP contribution is 2.34. The van der Waals surface area contributed by atoms with Crippen LogP contribution in [0.1, 0.15) is 4.88 Å². The van der Waals surface area contributed by atoms with Crippen LogP contribution in [0, 0.1) is 0 Å². The number of benzene rings is 1. The monoisotopic (exact) mass is 291 g/mol. The molecule has 0 bridgehead atoms. The second-order valence-electron chi connectivity index (χ2n) is 3.18. The smallest absolute Gasteiger partial charge is 0.0722 e. The van der Waals surface area contributed by atoms with Crippen molar-refractivity contribution in [3.05, 3.63) is 49.6 Å². The molecule has 2 aromatic rings. The Morgan fingerprint density at radius 3 is 2.38 bits per heavy atom. The summed E-state index contributed by atoms with van der Waals surface area (Å²) < 4.78 is 0. The summed E-state index contributed by atoms with van der Waals surface area (Å²) in [7, 11) is 0. The van der Waals surface area contributed by atoms with E-state index in [1.165, 1.54) is 4.88 Å². The number of hydrogen-bond acceptors (Lipinski definition) is 2. The highest BCUT2D eigenvalue weighted by molar-refractivity contribution is 7.09. The minimum Gasteiger partial charge on any atom is -0.378 e. The SMILES string of the molecule is Clc1cc(Cl)c(NCc2cccs2)c(Cl)c1. The van der Waals surface area contributed by atoms with Gasteiger partial charge in [-0.15, -0.1) is 11.3 Å². The van der Waals surface area contributed by atoms with Gasteiger partial charge in [0.15, 0.2) is 0 Å². The Labute approximate surface area is 113 Å². The second kappa shape index (κ2) is 5.28. The van der Waals surface area contributed by atoms with Gasteiger partial charge in [-0.2, -0.15) is 0 Å². The molecule has 1 aromatic carbocycles. The highest BCUT2D eigenvalue weighted by Gasteiger charge is 2.07. The normalized spacial score (nSPS) is 10.4. The van der Waals surface area contributed by atoms with Crippen molar-refractivity contribution in [3.63, 3.8) is 0 Å². The molecule has 16 heavy (non-hydrogen) atoms. The van der Waals surface area contributed by atoms with E-state index in [0.29, 0.717) is 21.6 Å². The molecule has 0 fully saturated rings. The maximum Gasteiger partial charge on any atom is 0.0722 e. The molecular weight excluding hydrogens is 285 g/mol. The quantitative estimate of drug-likeness (QED) is 0.807.